The van der Waals surface area contributed by atoms with E-state index in [9.17, 15) is 10.2 Å². The van der Waals surface area contributed by atoms with Crippen molar-refractivity contribution in [2.24, 2.45) is 9.98 Å². The summed E-state index contributed by atoms with van der Waals surface area (Å²) in [4.78, 5) is 10.1. The monoisotopic (exact) mass is 838 g/mol. The van der Waals surface area contributed by atoms with E-state index in [0.717, 1.165) is 61.0 Å². The van der Waals surface area contributed by atoms with Crippen molar-refractivity contribution in [1.29, 1.82) is 0 Å². The SMILES string of the molecule is CC(C)(C)c1cc(C=N[C@H]2CCCC[C@@H]2N=Cc2cc(C(C)(C)C)cc(C(C)(C)C)c2O)c(O)c(C(C)(C)C)c1.C[SiH](C)[N-][SiH](C)C.[CH-]1CCCO1.[Y]. The predicted octanol–water partition coefficient (Wildman–Crippen LogP) is 11.4. The molecule has 6 nitrogen and oxygen atoms in total. The molecule has 53 heavy (non-hydrogen) atoms. The van der Waals surface area contributed by atoms with Crippen LogP contribution in [0, 0.1) is 6.61 Å². The van der Waals surface area contributed by atoms with Gasteiger partial charge in [0.2, 0.25) is 0 Å². The number of aliphatic imine (C=N–C) groups is 2. The molecule has 0 aromatic heterocycles. The molecule has 0 amide bonds. The van der Waals surface area contributed by atoms with Gasteiger partial charge in [0.1, 0.15) is 11.5 Å². The Morgan fingerprint density at radius 2 is 1.02 bits per heavy atom. The Bertz CT molecular complexity index is 1360. The van der Waals surface area contributed by atoms with Crippen LogP contribution < -0.4 is 0 Å². The fourth-order valence-corrected chi connectivity index (χ4v) is 11.1. The van der Waals surface area contributed by atoms with Gasteiger partial charge in [0.25, 0.3) is 0 Å². The van der Waals surface area contributed by atoms with Crippen molar-refractivity contribution >= 4 is 30.3 Å². The van der Waals surface area contributed by atoms with E-state index in [1.54, 1.807) is 0 Å². The third-order valence-corrected chi connectivity index (χ3v) is 14.2. The molecule has 0 bridgehead atoms. The maximum absolute atomic E-state index is 11.2. The van der Waals surface area contributed by atoms with Crippen LogP contribution in [0.2, 0.25) is 26.2 Å². The van der Waals surface area contributed by atoms with Gasteiger partial charge < -0.3 is 19.6 Å². The Kier molecular flexibility index (Phi) is 20.1. The zero-order valence-electron chi connectivity index (χ0n) is 36.5. The van der Waals surface area contributed by atoms with Gasteiger partial charge in [-0.25, -0.2) is 6.61 Å². The minimum absolute atomic E-state index is 0. The quantitative estimate of drug-likeness (QED) is 0.173. The Morgan fingerprint density at radius 3 is 1.25 bits per heavy atom. The third-order valence-electron chi connectivity index (χ3n) is 9.43. The molecule has 1 aliphatic heterocycles. The summed E-state index contributed by atoms with van der Waals surface area (Å²) < 4.78 is 9.38. The normalized spacial score (nSPS) is 18.5. The molecule has 2 atom stereocenters. The first-order chi connectivity index (χ1) is 23.8. The molecule has 2 aromatic carbocycles. The summed E-state index contributed by atoms with van der Waals surface area (Å²) in [6.07, 6.45) is 10.3. The van der Waals surface area contributed by atoms with Crippen LogP contribution >= 0.6 is 0 Å². The zero-order chi connectivity index (χ0) is 39.7. The molecule has 1 saturated heterocycles. The van der Waals surface area contributed by atoms with Crippen molar-refractivity contribution in [3.63, 3.8) is 0 Å². The van der Waals surface area contributed by atoms with E-state index in [4.69, 9.17) is 14.7 Å². The van der Waals surface area contributed by atoms with Crippen molar-refractivity contribution < 1.29 is 47.7 Å². The van der Waals surface area contributed by atoms with Gasteiger partial charge >= 0.3 is 0 Å². The minimum Gasteiger partial charge on any atom is -0.672 e. The molecule has 1 saturated carbocycles. The average Bonchev–Trinajstić information content (AvgIpc) is 3.58. The van der Waals surface area contributed by atoms with Crippen molar-refractivity contribution in [1.82, 2.24) is 0 Å². The van der Waals surface area contributed by atoms with Crippen molar-refractivity contribution in [3.8, 4) is 11.5 Å². The Hall–Kier alpha value is -1.16. The van der Waals surface area contributed by atoms with Crippen molar-refractivity contribution in [3.05, 3.63) is 68.9 Å². The predicted molar refractivity (Wildman–Crippen MR) is 233 cm³/mol. The standard InChI is InChI=1S/C36H54N2O2.C4H14NSi2.C4H7O.Y/c1-33(2,3)25-17-23(31(39)27(19-25)35(7,8)9)21-37-29-15-13-14-16-30(29)38-22-24-18-26(34(4,5)6)20-28(32(24)40)36(10,11)12;1-6(2)5-7(3)4;1-2-4-5-3-1;/h17-22,29-30,39-40H,13-16H2,1-12H3;6-7H,1-4H3;3H,1-2,4H2;/q;2*-1;/t29-,30-;;;/m0.../s1. The maximum Gasteiger partial charge on any atom is 0.128 e. The topological polar surface area (TPSA) is 88.5 Å². The number of benzene rings is 2. The van der Waals surface area contributed by atoms with Crippen LogP contribution in [0.5, 0.6) is 11.5 Å². The zero-order valence-corrected chi connectivity index (χ0v) is 41.7. The fourth-order valence-electron chi connectivity index (χ4n) is 6.32. The molecule has 297 valence electrons. The molecule has 4 rings (SSSR count). The summed E-state index contributed by atoms with van der Waals surface area (Å²) in [6.45, 7) is 37.9. The molecule has 2 N–H and O–H groups in total. The van der Waals surface area contributed by atoms with Crippen LogP contribution in [0.4, 0.5) is 0 Å². The van der Waals surface area contributed by atoms with Crippen LogP contribution in [0.25, 0.3) is 4.65 Å². The number of nitrogens with zero attached hydrogens (tertiary/aromatic N) is 3. The number of ether oxygens (including phenoxy) is 1. The van der Waals surface area contributed by atoms with E-state index in [0.29, 0.717) is 11.5 Å². The first kappa shape index (κ1) is 49.9. The Morgan fingerprint density at radius 1 is 0.642 bits per heavy atom. The molecular weight excluding hydrogens is 764 g/mol. The number of hydrogen-bond donors (Lipinski definition) is 2. The molecule has 1 heterocycles. The number of aromatic hydroxyl groups is 2. The van der Waals surface area contributed by atoms with Crippen molar-refractivity contribution in [2.75, 3.05) is 6.61 Å². The second-order valence-electron chi connectivity index (χ2n) is 19.4. The van der Waals surface area contributed by atoms with Gasteiger partial charge in [-0.3, -0.25) is 9.98 Å². The fraction of sp³-hybridized carbons (Fsp3) is 0.659. The molecule has 0 unspecified atom stereocenters. The van der Waals surface area contributed by atoms with Gasteiger partial charge in [0, 0.05) is 74.0 Å². The van der Waals surface area contributed by atoms with Crippen LogP contribution in [-0.2, 0) is 59.1 Å². The van der Waals surface area contributed by atoms with E-state index in [2.05, 4.69) is 138 Å². The van der Waals surface area contributed by atoms with E-state index in [1.807, 2.05) is 19.0 Å². The number of rotatable bonds is 6. The average molecular weight is 839 g/mol. The van der Waals surface area contributed by atoms with Gasteiger partial charge in [0.15, 0.2) is 0 Å². The van der Waals surface area contributed by atoms with E-state index < -0.39 is 17.9 Å². The molecule has 1 aliphatic carbocycles. The Balaban J connectivity index is 0.000000918. The number of hydrogen-bond acceptors (Lipinski definition) is 5. The molecule has 1 radical (unpaired) electrons. The summed E-state index contributed by atoms with van der Waals surface area (Å²) in [5.74, 6) is 0.637. The van der Waals surface area contributed by atoms with E-state index in [-0.39, 0.29) is 66.5 Å². The molecule has 0 spiro atoms. The summed E-state index contributed by atoms with van der Waals surface area (Å²) in [7, 11) is -1.08. The van der Waals surface area contributed by atoms with E-state index >= 15 is 0 Å². The van der Waals surface area contributed by atoms with Gasteiger partial charge in [-0.1, -0.05) is 159 Å². The summed E-state index contributed by atoms with van der Waals surface area (Å²) in [5.41, 5.74) is 5.39. The molecule has 2 aliphatic rings. The van der Waals surface area contributed by atoms with Gasteiger partial charge in [-0.05, 0) is 57.8 Å². The summed E-state index contributed by atoms with van der Waals surface area (Å²) in [6, 6.07) is 8.53. The number of phenolic OH excluding ortho intramolecular Hbond substituents is 2. The van der Waals surface area contributed by atoms with Crippen LogP contribution in [-0.4, -0.2) is 59.2 Å². The third kappa shape index (κ3) is 16.8. The van der Waals surface area contributed by atoms with Gasteiger partial charge in [-0.2, -0.15) is 6.42 Å². The maximum atomic E-state index is 11.2. The first-order valence-electron chi connectivity index (χ1n) is 19.8. The second kappa shape index (κ2) is 21.4. The molecular formula is C44H75N3O3Si2Y-2. The van der Waals surface area contributed by atoms with Crippen LogP contribution in [0.1, 0.15) is 155 Å². The van der Waals surface area contributed by atoms with Crippen molar-refractivity contribution in [2.45, 2.75) is 182 Å². The molecule has 9 heteroatoms. The summed E-state index contributed by atoms with van der Waals surface area (Å²) in [5, 5.41) is 22.5. The smallest absolute Gasteiger partial charge is 0.128 e. The van der Waals surface area contributed by atoms with Gasteiger partial charge in [0.05, 0.1) is 12.1 Å². The van der Waals surface area contributed by atoms with Crippen LogP contribution in [0.3, 0.4) is 0 Å². The largest absolute Gasteiger partial charge is 0.672 e. The molecule has 2 fully saturated rings. The first-order valence-corrected chi connectivity index (χ1v) is 25.4. The summed E-state index contributed by atoms with van der Waals surface area (Å²) >= 11 is 0. The van der Waals surface area contributed by atoms with Crippen LogP contribution in [0.15, 0.2) is 34.3 Å². The minimum atomic E-state index is -0.542. The molecule has 2 aromatic rings. The van der Waals surface area contributed by atoms with Gasteiger partial charge in [-0.15, -0.1) is 0 Å². The van der Waals surface area contributed by atoms with E-state index in [1.165, 1.54) is 17.5 Å². The Labute approximate surface area is 354 Å². The number of phenols is 2. The second-order valence-corrected chi connectivity index (χ2v) is 25.0.